The van der Waals surface area contributed by atoms with Crippen molar-refractivity contribution in [3.63, 3.8) is 0 Å². The number of amides is 1. The maximum absolute atomic E-state index is 13.3. The lowest BCUT2D eigenvalue weighted by molar-refractivity contribution is -0.124. The maximum Gasteiger partial charge on any atom is 0.240 e. The first-order valence-corrected chi connectivity index (χ1v) is 7.17. The van der Waals surface area contributed by atoms with Crippen molar-refractivity contribution in [3.8, 4) is 0 Å². The van der Waals surface area contributed by atoms with E-state index >= 15 is 0 Å². The number of nitrogens with zero attached hydrogens (tertiary/aromatic N) is 1. The highest BCUT2D eigenvalue weighted by atomic mass is 35.5. The lowest BCUT2D eigenvalue weighted by Crippen LogP contribution is -2.53. The van der Waals surface area contributed by atoms with Gasteiger partial charge in [0.1, 0.15) is 5.82 Å². The largest absolute Gasteiger partial charge is 0.369 e. The topological polar surface area (TPSA) is 58.4 Å². The Bertz CT molecular complexity index is 525. The first-order chi connectivity index (χ1) is 9.57. The smallest absolute Gasteiger partial charge is 0.240 e. The monoisotopic (exact) mass is 349 g/mol. The molecule has 1 saturated heterocycles. The van der Waals surface area contributed by atoms with Gasteiger partial charge in [-0.05, 0) is 43.9 Å². The molecule has 3 rings (SSSR count). The van der Waals surface area contributed by atoms with Crippen LogP contribution in [0.2, 0.25) is 0 Å². The quantitative estimate of drug-likeness (QED) is 0.879. The van der Waals surface area contributed by atoms with Gasteiger partial charge in [0.05, 0.1) is 5.54 Å². The number of piperidine rings is 1. The highest BCUT2D eigenvalue weighted by Gasteiger charge is 2.46. The predicted octanol–water partition coefficient (Wildman–Crippen LogP) is 2.25. The number of halogens is 3. The van der Waals surface area contributed by atoms with Crippen LogP contribution in [0.5, 0.6) is 0 Å². The van der Waals surface area contributed by atoms with Gasteiger partial charge in [0.2, 0.25) is 5.91 Å². The summed E-state index contributed by atoms with van der Waals surface area (Å²) in [5.74, 6) is -0.267. The van der Waals surface area contributed by atoms with E-state index in [2.05, 4.69) is 10.2 Å². The van der Waals surface area contributed by atoms with E-state index < -0.39 is 5.54 Å². The van der Waals surface area contributed by atoms with Crippen LogP contribution in [0.3, 0.4) is 0 Å². The summed E-state index contributed by atoms with van der Waals surface area (Å²) in [5, 5.41) is 3.04. The normalized spacial score (nSPS) is 22.1. The van der Waals surface area contributed by atoms with Crippen LogP contribution in [0.15, 0.2) is 24.3 Å². The third-order valence-corrected chi connectivity index (χ3v) is 4.17. The van der Waals surface area contributed by atoms with Crippen LogP contribution >= 0.6 is 24.8 Å². The summed E-state index contributed by atoms with van der Waals surface area (Å²) < 4.78 is 13.3. The van der Waals surface area contributed by atoms with E-state index in [1.807, 2.05) is 6.07 Å². The van der Waals surface area contributed by atoms with Gasteiger partial charge in [0.25, 0.3) is 0 Å². The zero-order valence-electron chi connectivity index (χ0n) is 12.3. The molecule has 1 aliphatic carbocycles. The molecule has 124 valence electrons. The molecule has 0 bridgehead atoms. The molecule has 22 heavy (non-hydrogen) atoms. The standard InChI is InChI=1S/C15H20FN3O.2ClH/c16-11-3-1-5-13(9-11)19-8-2-4-12(10-19)18-14(20)15(17)6-7-15;;/h1,3,5,9,12H,2,4,6-8,10,17H2,(H,18,20);2*1H. The van der Waals surface area contributed by atoms with Gasteiger partial charge < -0.3 is 16.0 Å². The molecule has 0 radical (unpaired) electrons. The highest BCUT2D eigenvalue weighted by Crippen LogP contribution is 2.32. The molecule has 2 aliphatic rings. The van der Waals surface area contributed by atoms with Crippen LogP contribution in [0.25, 0.3) is 0 Å². The van der Waals surface area contributed by atoms with Crippen molar-refractivity contribution in [1.82, 2.24) is 5.32 Å². The molecule has 1 aromatic carbocycles. The van der Waals surface area contributed by atoms with Crippen molar-refractivity contribution in [2.45, 2.75) is 37.3 Å². The first kappa shape index (κ1) is 19.0. The Kier molecular flexibility index (Phi) is 6.47. The van der Waals surface area contributed by atoms with Crippen molar-refractivity contribution < 1.29 is 9.18 Å². The Labute approximate surface area is 142 Å². The summed E-state index contributed by atoms with van der Waals surface area (Å²) in [6.45, 7) is 1.61. The lowest BCUT2D eigenvalue weighted by atomic mass is 10.0. The van der Waals surface area contributed by atoms with Crippen LogP contribution in [0.1, 0.15) is 25.7 Å². The fourth-order valence-corrected chi connectivity index (χ4v) is 2.69. The Morgan fingerprint density at radius 3 is 2.73 bits per heavy atom. The second-order valence-corrected chi connectivity index (χ2v) is 5.89. The number of nitrogens with one attached hydrogen (secondary N) is 1. The van der Waals surface area contributed by atoms with Gasteiger partial charge in [0, 0.05) is 24.8 Å². The van der Waals surface area contributed by atoms with Crippen molar-refractivity contribution in [2.75, 3.05) is 18.0 Å². The van der Waals surface area contributed by atoms with Gasteiger partial charge in [0.15, 0.2) is 0 Å². The van der Waals surface area contributed by atoms with Gasteiger partial charge in [-0.1, -0.05) is 6.07 Å². The van der Waals surface area contributed by atoms with Gasteiger partial charge in [-0.3, -0.25) is 4.79 Å². The molecule has 1 unspecified atom stereocenters. The van der Waals surface area contributed by atoms with E-state index in [0.717, 1.165) is 37.9 Å². The molecule has 1 saturated carbocycles. The molecule has 0 aromatic heterocycles. The first-order valence-electron chi connectivity index (χ1n) is 7.17. The number of carbonyl (C=O) groups excluding carboxylic acids is 1. The van der Waals surface area contributed by atoms with Crippen LogP contribution in [-0.4, -0.2) is 30.6 Å². The van der Waals surface area contributed by atoms with Crippen LogP contribution in [0, 0.1) is 5.82 Å². The fourth-order valence-electron chi connectivity index (χ4n) is 2.69. The average Bonchev–Trinajstić information content (AvgIpc) is 3.18. The van der Waals surface area contributed by atoms with E-state index in [-0.39, 0.29) is 42.6 Å². The fraction of sp³-hybridized carbons (Fsp3) is 0.533. The molecule has 3 N–H and O–H groups in total. The van der Waals surface area contributed by atoms with Crippen LogP contribution in [0.4, 0.5) is 10.1 Å². The van der Waals surface area contributed by atoms with Crippen molar-refractivity contribution >= 4 is 36.4 Å². The summed E-state index contributed by atoms with van der Waals surface area (Å²) in [7, 11) is 0. The number of anilines is 1. The molecule has 1 aromatic rings. The Hall–Kier alpha value is -1.04. The molecular weight excluding hydrogens is 328 g/mol. The van der Waals surface area contributed by atoms with Gasteiger partial charge in [-0.15, -0.1) is 24.8 Å². The second-order valence-electron chi connectivity index (χ2n) is 5.89. The minimum Gasteiger partial charge on any atom is -0.369 e. The van der Waals surface area contributed by atoms with Crippen molar-refractivity contribution in [3.05, 3.63) is 30.1 Å². The van der Waals surface area contributed by atoms with Gasteiger partial charge in [-0.25, -0.2) is 4.39 Å². The van der Waals surface area contributed by atoms with Gasteiger partial charge >= 0.3 is 0 Å². The van der Waals surface area contributed by atoms with Crippen LogP contribution < -0.4 is 16.0 Å². The third kappa shape index (κ3) is 4.24. The minimum absolute atomic E-state index is 0. The van der Waals surface area contributed by atoms with Crippen molar-refractivity contribution in [2.24, 2.45) is 5.73 Å². The molecule has 1 heterocycles. The third-order valence-electron chi connectivity index (χ3n) is 4.17. The van der Waals surface area contributed by atoms with E-state index in [1.54, 1.807) is 6.07 Å². The summed E-state index contributed by atoms with van der Waals surface area (Å²) in [6, 6.07) is 6.69. The summed E-state index contributed by atoms with van der Waals surface area (Å²) in [4.78, 5) is 14.1. The number of hydrogen-bond donors (Lipinski definition) is 2. The lowest BCUT2D eigenvalue weighted by Gasteiger charge is -2.35. The predicted molar refractivity (Wildman–Crippen MR) is 90.4 cm³/mol. The number of benzene rings is 1. The Morgan fingerprint density at radius 2 is 2.09 bits per heavy atom. The van der Waals surface area contributed by atoms with Gasteiger partial charge in [-0.2, -0.15) is 0 Å². The molecule has 0 spiro atoms. The highest BCUT2D eigenvalue weighted by molar-refractivity contribution is 5.89. The van der Waals surface area contributed by atoms with E-state index in [0.29, 0.717) is 6.54 Å². The molecule has 7 heteroatoms. The Balaban J connectivity index is 0.00000121. The van der Waals surface area contributed by atoms with Crippen LogP contribution in [-0.2, 0) is 4.79 Å². The number of carbonyl (C=O) groups is 1. The number of nitrogens with two attached hydrogens (primary N) is 1. The molecule has 4 nitrogen and oxygen atoms in total. The summed E-state index contributed by atoms with van der Waals surface area (Å²) >= 11 is 0. The van der Waals surface area contributed by atoms with Crippen molar-refractivity contribution in [1.29, 1.82) is 0 Å². The van der Waals surface area contributed by atoms with E-state index in [9.17, 15) is 9.18 Å². The average molecular weight is 350 g/mol. The molecule has 1 atom stereocenters. The second kappa shape index (κ2) is 7.49. The van der Waals surface area contributed by atoms with E-state index in [4.69, 9.17) is 5.73 Å². The minimum atomic E-state index is -0.624. The molecule has 1 aliphatic heterocycles. The van der Waals surface area contributed by atoms with E-state index in [1.165, 1.54) is 12.1 Å². The number of rotatable bonds is 3. The molecule has 1 amide bonds. The number of hydrogen-bond acceptors (Lipinski definition) is 3. The molecule has 2 fully saturated rings. The molecular formula is C15H22Cl2FN3O. The SMILES string of the molecule is Cl.Cl.NC1(C(=O)NC2CCCN(c3cccc(F)c3)C2)CC1. The zero-order chi connectivity index (χ0) is 14.2. The zero-order valence-corrected chi connectivity index (χ0v) is 13.9. The summed E-state index contributed by atoms with van der Waals surface area (Å²) in [6.07, 6.45) is 3.49. The Morgan fingerprint density at radius 1 is 1.36 bits per heavy atom. The summed E-state index contributed by atoms with van der Waals surface area (Å²) in [5.41, 5.74) is 6.15. The maximum atomic E-state index is 13.3.